The van der Waals surface area contributed by atoms with E-state index in [0.29, 0.717) is 17.4 Å². The summed E-state index contributed by atoms with van der Waals surface area (Å²) in [7, 11) is 0. The highest BCUT2D eigenvalue weighted by molar-refractivity contribution is 5.90. The largest absolute Gasteiger partial charge is 0.458 e. The van der Waals surface area contributed by atoms with Crippen LogP contribution in [0.3, 0.4) is 0 Å². The van der Waals surface area contributed by atoms with Gasteiger partial charge in [0, 0.05) is 18.4 Å². The lowest BCUT2D eigenvalue weighted by atomic mass is 9.86. The molecule has 1 saturated heterocycles. The van der Waals surface area contributed by atoms with Crippen LogP contribution in [0.25, 0.3) is 0 Å². The third-order valence-electron chi connectivity index (χ3n) is 5.36. The SMILES string of the molecule is C=C1C(=O)O[C@@H]2C[C@H](C)[C@@H]3C[C@H](OC(C)=O)C(C)=C3C[C@H]12. The smallest absolute Gasteiger partial charge is 0.334 e. The molecule has 1 aliphatic heterocycles. The predicted octanol–water partition coefficient (Wildman–Crippen LogP) is 2.78. The van der Waals surface area contributed by atoms with Gasteiger partial charge in [0.25, 0.3) is 0 Å². The molecule has 0 bridgehead atoms. The molecule has 2 aliphatic carbocycles. The molecule has 21 heavy (non-hydrogen) atoms. The van der Waals surface area contributed by atoms with Crippen LogP contribution >= 0.6 is 0 Å². The van der Waals surface area contributed by atoms with Gasteiger partial charge in [-0.3, -0.25) is 4.79 Å². The van der Waals surface area contributed by atoms with Crippen LogP contribution in [-0.2, 0) is 19.1 Å². The number of esters is 2. The Morgan fingerprint density at radius 1 is 1.33 bits per heavy atom. The third kappa shape index (κ3) is 2.30. The van der Waals surface area contributed by atoms with Crippen LogP contribution in [0, 0.1) is 17.8 Å². The molecule has 114 valence electrons. The van der Waals surface area contributed by atoms with Crippen molar-refractivity contribution in [1.82, 2.24) is 0 Å². The number of rotatable bonds is 1. The molecule has 3 rings (SSSR count). The van der Waals surface area contributed by atoms with E-state index >= 15 is 0 Å². The summed E-state index contributed by atoms with van der Waals surface area (Å²) >= 11 is 0. The Labute approximate surface area is 125 Å². The lowest BCUT2D eigenvalue weighted by Gasteiger charge is -2.21. The number of hydrogen-bond acceptors (Lipinski definition) is 4. The fourth-order valence-electron chi connectivity index (χ4n) is 4.18. The molecule has 3 aliphatic rings. The van der Waals surface area contributed by atoms with Gasteiger partial charge in [-0.15, -0.1) is 0 Å². The van der Waals surface area contributed by atoms with Gasteiger partial charge < -0.3 is 9.47 Å². The molecular formula is C17H22O4. The summed E-state index contributed by atoms with van der Waals surface area (Å²) in [4.78, 5) is 23.0. The highest BCUT2D eigenvalue weighted by Gasteiger charge is 2.47. The second kappa shape index (κ2) is 5.00. The molecule has 4 nitrogen and oxygen atoms in total. The van der Waals surface area contributed by atoms with E-state index in [1.165, 1.54) is 12.5 Å². The minimum Gasteiger partial charge on any atom is -0.458 e. The van der Waals surface area contributed by atoms with Crippen LogP contribution in [0.1, 0.15) is 40.0 Å². The first-order valence-electron chi connectivity index (χ1n) is 7.65. The molecule has 4 heteroatoms. The molecule has 5 atom stereocenters. The van der Waals surface area contributed by atoms with E-state index in [0.717, 1.165) is 24.8 Å². The standard InChI is InChI=1S/C17H22O4/c1-8-5-16-14(10(3)17(19)21-16)6-13-9(2)15(7-12(8)13)20-11(4)18/h8,12,14-16H,3,5-7H2,1-2,4H3/t8-,12-,14+,15-,16+/m0/s1. The van der Waals surface area contributed by atoms with Crippen molar-refractivity contribution in [1.29, 1.82) is 0 Å². The molecule has 0 N–H and O–H groups in total. The maximum absolute atomic E-state index is 11.7. The van der Waals surface area contributed by atoms with Crippen LogP contribution in [0.5, 0.6) is 0 Å². The van der Waals surface area contributed by atoms with Gasteiger partial charge in [0.1, 0.15) is 12.2 Å². The number of allylic oxidation sites excluding steroid dienone is 1. The first-order chi connectivity index (χ1) is 9.88. The van der Waals surface area contributed by atoms with Gasteiger partial charge in [0.05, 0.1) is 0 Å². The summed E-state index contributed by atoms with van der Waals surface area (Å²) < 4.78 is 10.9. The Kier molecular flexibility index (Phi) is 3.42. The minimum absolute atomic E-state index is 0.0296. The highest BCUT2D eigenvalue weighted by Crippen LogP contribution is 2.49. The first-order valence-corrected chi connectivity index (χ1v) is 7.65. The van der Waals surface area contributed by atoms with Crippen molar-refractivity contribution in [3.63, 3.8) is 0 Å². The van der Waals surface area contributed by atoms with Crippen molar-refractivity contribution >= 4 is 11.9 Å². The fourth-order valence-corrected chi connectivity index (χ4v) is 4.18. The van der Waals surface area contributed by atoms with Gasteiger partial charge >= 0.3 is 11.9 Å². The lowest BCUT2D eigenvalue weighted by Crippen LogP contribution is -2.21. The van der Waals surface area contributed by atoms with Gasteiger partial charge in [-0.2, -0.15) is 0 Å². The zero-order valence-corrected chi connectivity index (χ0v) is 12.8. The van der Waals surface area contributed by atoms with E-state index in [4.69, 9.17) is 9.47 Å². The van der Waals surface area contributed by atoms with Gasteiger partial charge in [0.2, 0.25) is 0 Å². The van der Waals surface area contributed by atoms with Crippen molar-refractivity contribution < 1.29 is 19.1 Å². The Morgan fingerprint density at radius 3 is 2.71 bits per heavy atom. The van der Waals surface area contributed by atoms with Gasteiger partial charge in [-0.25, -0.2) is 4.79 Å². The summed E-state index contributed by atoms with van der Waals surface area (Å²) in [5.41, 5.74) is 3.11. The van der Waals surface area contributed by atoms with Crippen LogP contribution < -0.4 is 0 Å². The summed E-state index contributed by atoms with van der Waals surface area (Å²) in [5.74, 6) is 0.454. The average Bonchev–Trinajstić information content (AvgIpc) is 2.78. The first kappa shape index (κ1) is 14.4. The normalized spacial score (nSPS) is 38.7. The molecule has 0 aromatic heterocycles. The molecule has 0 spiro atoms. The molecule has 1 saturated carbocycles. The molecule has 2 fully saturated rings. The zero-order valence-electron chi connectivity index (χ0n) is 12.8. The Hall–Kier alpha value is -1.58. The van der Waals surface area contributed by atoms with Crippen molar-refractivity contribution in [2.75, 3.05) is 0 Å². The van der Waals surface area contributed by atoms with Crippen LogP contribution in [0.4, 0.5) is 0 Å². The summed E-state index contributed by atoms with van der Waals surface area (Å²) in [5, 5.41) is 0. The van der Waals surface area contributed by atoms with Gasteiger partial charge in [0.15, 0.2) is 0 Å². The summed E-state index contributed by atoms with van der Waals surface area (Å²) in [6.45, 7) is 9.62. The number of carbonyl (C=O) groups is 2. The highest BCUT2D eigenvalue weighted by atomic mass is 16.6. The third-order valence-corrected chi connectivity index (χ3v) is 5.36. The van der Waals surface area contributed by atoms with Crippen molar-refractivity contribution in [2.45, 2.75) is 52.2 Å². The molecule has 0 unspecified atom stereocenters. The summed E-state index contributed by atoms with van der Waals surface area (Å²) in [6.07, 6.45) is 2.41. The molecule has 0 aromatic carbocycles. The van der Waals surface area contributed by atoms with Gasteiger partial charge in [-0.05, 0) is 43.6 Å². The number of fused-ring (bicyclic) bond motifs is 2. The number of hydrogen-bond donors (Lipinski definition) is 0. The van der Waals surface area contributed by atoms with Crippen LogP contribution in [0.2, 0.25) is 0 Å². The van der Waals surface area contributed by atoms with Crippen molar-refractivity contribution in [3.05, 3.63) is 23.3 Å². The van der Waals surface area contributed by atoms with E-state index in [-0.39, 0.29) is 30.1 Å². The van der Waals surface area contributed by atoms with E-state index in [1.807, 2.05) is 0 Å². The second-order valence-electron chi connectivity index (χ2n) is 6.64. The fraction of sp³-hybridized carbons (Fsp3) is 0.647. The van der Waals surface area contributed by atoms with Crippen LogP contribution in [-0.4, -0.2) is 24.1 Å². The Morgan fingerprint density at radius 2 is 2.05 bits per heavy atom. The molecule has 0 aromatic rings. The van der Waals surface area contributed by atoms with E-state index in [9.17, 15) is 9.59 Å². The number of ether oxygens (including phenoxy) is 2. The quantitative estimate of drug-likeness (QED) is 0.423. The Bertz CT molecular complexity index is 545. The second-order valence-corrected chi connectivity index (χ2v) is 6.64. The molecule has 0 amide bonds. The van der Waals surface area contributed by atoms with Gasteiger partial charge in [-0.1, -0.05) is 19.1 Å². The monoisotopic (exact) mass is 290 g/mol. The maximum atomic E-state index is 11.7. The average molecular weight is 290 g/mol. The summed E-state index contributed by atoms with van der Waals surface area (Å²) in [6, 6.07) is 0. The molecular weight excluding hydrogens is 268 g/mol. The molecule has 0 radical (unpaired) electrons. The maximum Gasteiger partial charge on any atom is 0.334 e. The van der Waals surface area contributed by atoms with E-state index in [2.05, 4.69) is 20.4 Å². The van der Waals surface area contributed by atoms with Crippen LogP contribution in [0.15, 0.2) is 23.3 Å². The van der Waals surface area contributed by atoms with Crippen molar-refractivity contribution in [2.24, 2.45) is 17.8 Å². The van der Waals surface area contributed by atoms with Crippen molar-refractivity contribution in [3.8, 4) is 0 Å². The van der Waals surface area contributed by atoms with E-state index in [1.54, 1.807) is 0 Å². The number of carbonyl (C=O) groups excluding carboxylic acids is 2. The van der Waals surface area contributed by atoms with E-state index < -0.39 is 0 Å². The lowest BCUT2D eigenvalue weighted by molar-refractivity contribution is -0.145. The Balaban J connectivity index is 1.91. The zero-order chi connectivity index (χ0) is 15.3. The predicted molar refractivity (Wildman–Crippen MR) is 77.3 cm³/mol. The minimum atomic E-state index is -0.247. The topological polar surface area (TPSA) is 52.6 Å². The molecule has 1 heterocycles.